The topological polar surface area (TPSA) is 43.2 Å². The van der Waals surface area contributed by atoms with Gasteiger partial charge < -0.3 is 33.3 Å². The van der Waals surface area contributed by atoms with E-state index in [1.54, 1.807) is 14.2 Å². The first-order chi connectivity index (χ1) is 10.8. The Morgan fingerprint density at radius 3 is 1.12 bits per heavy atom. The van der Waals surface area contributed by atoms with Crippen LogP contribution >= 0.6 is 0 Å². The Morgan fingerprint density at radius 2 is 1.00 bits per heavy atom. The van der Waals surface area contributed by atoms with Gasteiger partial charge in [0.05, 0.1) is 25.3 Å². The molecule has 154 valence electrons. The van der Waals surface area contributed by atoms with Crippen molar-refractivity contribution in [2.75, 3.05) is 27.4 Å². The molecule has 0 heterocycles. The number of ether oxygens (including phenoxy) is 2. The molecule has 0 aromatic carbocycles. The number of hydrogen-bond acceptors (Lipinski definition) is 4. The van der Waals surface area contributed by atoms with E-state index in [1.165, 1.54) is 0 Å². The average Bonchev–Trinajstić information content (AvgIpc) is 2.35. The third-order valence-corrected chi connectivity index (χ3v) is 3.40. The standard InChI is InChI=1S/2C10H20NO.Cu.Li/c2*1-8(2)11-9(7-12-6)10(3,4)5;;/h2*9H,1,7H2,2-6H3;;/q2*-1;+2;. The molecule has 2 radical (unpaired) electrons. The summed E-state index contributed by atoms with van der Waals surface area (Å²) in [5.41, 5.74) is 2.03. The molecule has 2 atom stereocenters. The number of methoxy groups -OCH3 is 2. The van der Waals surface area contributed by atoms with E-state index < -0.39 is 0 Å². The van der Waals surface area contributed by atoms with E-state index in [4.69, 9.17) is 9.47 Å². The Labute approximate surface area is 186 Å². The second-order valence-corrected chi connectivity index (χ2v) is 8.40. The number of rotatable bonds is 6. The summed E-state index contributed by atoms with van der Waals surface area (Å²) >= 11 is 0. The number of nitrogens with zero attached hydrogens (tertiary/aromatic N) is 2. The van der Waals surface area contributed by atoms with Gasteiger partial charge in [0.25, 0.3) is 0 Å². The van der Waals surface area contributed by atoms with Gasteiger partial charge in [-0.2, -0.15) is 0 Å². The molecule has 0 spiro atoms. The second kappa shape index (κ2) is 16.1. The van der Waals surface area contributed by atoms with Crippen molar-refractivity contribution in [2.24, 2.45) is 20.8 Å². The van der Waals surface area contributed by atoms with Crippen LogP contribution in [0.5, 0.6) is 0 Å². The molecule has 26 heavy (non-hydrogen) atoms. The molecular formula is C20H40CuLiN2O2. The van der Waals surface area contributed by atoms with E-state index in [-0.39, 0.29) is 58.8 Å². The van der Waals surface area contributed by atoms with E-state index in [1.807, 2.05) is 13.8 Å². The van der Waals surface area contributed by atoms with Gasteiger partial charge in [-0.15, -0.1) is 11.4 Å². The van der Waals surface area contributed by atoms with Crippen molar-refractivity contribution in [3.8, 4) is 0 Å². The third-order valence-electron chi connectivity index (χ3n) is 3.40. The van der Waals surface area contributed by atoms with Crippen LogP contribution in [-0.4, -0.2) is 69.8 Å². The van der Waals surface area contributed by atoms with Crippen molar-refractivity contribution in [1.29, 1.82) is 0 Å². The van der Waals surface area contributed by atoms with Gasteiger partial charge in [-0.1, -0.05) is 55.4 Å². The average molecular weight is 411 g/mol. The maximum Gasteiger partial charge on any atom is 2.00 e. The second-order valence-electron chi connectivity index (χ2n) is 8.40. The predicted molar refractivity (Wildman–Crippen MR) is 113 cm³/mol. The largest absolute Gasteiger partial charge is 2.00 e. The van der Waals surface area contributed by atoms with Crippen molar-refractivity contribution < 1.29 is 26.5 Å². The molecule has 0 aliphatic rings. The smallest absolute Gasteiger partial charge is 0.382 e. The molecule has 6 heteroatoms. The molecule has 0 saturated carbocycles. The van der Waals surface area contributed by atoms with Crippen molar-refractivity contribution in [2.45, 2.75) is 67.5 Å². The molecule has 0 aromatic rings. The zero-order chi connectivity index (χ0) is 19.6. The Bertz CT molecular complexity index is 354. The fourth-order valence-electron chi connectivity index (χ4n) is 1.81. The van der Waals surface area contributed by atoms with Crippen molar-refractivity contribution in [3.05, 3.63) is 13.8 Å². The quantitative estimate of drug-likeness (QED) is 0.372. The van der Waals surface area contributed by atoms with E-state index in [9.17, 15) is 0 Å². The Kier molecular flexibility index (Phi) is 20.9. The molecule has 0 rings (SSSR count). The molecule has 0 saturated heterocycles. The van der Waals surface area contributed by atoms with Gasteiger partial charge in [-0.3, -0.25) is 0 Å². The fourth-order valence-corrected chi connectivity index (χ4v) is 1.81. The fraction of sp³-hybridized carbons (Fsp3) is 0.800. The first-order valence-corrected chi connectivity index (χ1v) is 8.46. The van der Waals surface area contributed by atoms with E-state index in [0.29, 0.717) is 13.2 Å². The maximum absolute atomic E-state index is 5.10. The summed E-state index contributed by atoms with van der Waals surface area (Å²) in [6.07, 6.45) is 0. The molecule has 0 fully saturated rings. The third kappa shape index (κ3) is 18.9. The monoisotopic (exact) mass is 410 g/mol. The number of hydrogen-bond donors (Lipinski definition) is 0. The van der Waals surface area contributed by atoms with E-state index in [2.05, 4.69) is 65.4 Å². The van der Waals surface area contributed by atoms with Gasteiger partial charge in [-0.05, 0) is 10.8 Å². The summed E-state index contributed by atoms with van der Waals surface area (Å²) in [6.45, 7) is 25.6. The van der Waals surface area contributed by atoms with Crippen LogP contribution in [0.4, 0.5) is 0 Å². The normalized spacial score (nSPS) is 15.0. The summed E-state index contributed by atoms with van der Waals surface area (Å²) in [4.78, 5) is 8.84. The van der Waals surface area contributed by atoms with Gasteiger partial charge in [0.15, 0.2) is 0 Å². The minimum atomic E-state index is 0. The molecule has 2 unspecified atom stereocenters. The van der Waals surface area contributed by atoms with Crippen molar-refractivity contribution in [3.63, 3.8) is 0 Å². The van der Waals surface area contributed by atoms with Crippen molar-refractivity contribution >= 4 is 30.3 Å². The predicted octanol–water partition coefficient (Wildman–Crippen LogP) is 4.30. The van der Waals surface area contributed by atoms with E-state index in [0.717, 1.165) is 11.4 Å². The summed E-state index contributed by atoms with van der Waals surface area (Å²) < 4.78 is 10.2. The van der Waals surface area contributed by atoms with Crippen LogP contribution in [-0.2, 0) is 26.5 Å². The van der Waals surface area contributed by atoms with E-state index >= 15 is 0 Å². The summed E-state index contributed by atoms with van der Waals surface area (Å²) in [5.74, 6) is 0. The maximum atomic E-state index is 5.10. The van der Waals surface area contributed by atoms with Crippen LogP contribution in [0, 0.1) is 24.7 Å². The first-order valence-electron chi connectivity index (χ1n) is 8.46. The Morgan fingerprint density at radius 1 is 0.769 bits per heavy atom. The zero-order valence-corrected chi connectivity index (χ0v) is 19.9. The SMILES string of the molecule is [CH2-]C(C)=NC(COC)C(C)(C)C.[CH2-]C(C)=NC(COC)C(C)(C)C.[Cu+2].[Li]. The molecule has 0 amide bonds. The molecule has 0 aromatic heterocycles. The molecule has 0 N–H and O–H groups in total. The van der Waals surface area contributed by atoms with Crippen LogP contribution in [0.2, 0.25) is 0 Å². The minimum Gasteiger partial charge on any atom is -0.382 e. The Balaban J connectivity index is -0.000000173. The molecule has 0 bridgehead atoms. The summed E-state index contributed by atoms with van der Waals surface area (Å²) in [7, 11) is 3.40. The van der Waals surface area contributed by atoms with Crippen LogP contribution in [0.15, 0.2) is 9.98 Å². The first kappa shape index (κ1) is 33.7. The van der Waals surface area contributed by atoms with Crippen LogP contribution < -0.4 is 0 Å². The van der Waals surface area contributed by atoms with Crippen molar-refractivity contribution in [1.82, 2.24) is 0 Å². The van der Waals surface area contributed by atoms with Gasteiger partial charge in [-0.25, -0.2) is 0 Å². The van der Waals surface area contributed by atoms with Gasteiger partial charge >= 0.3 is 17.1 Å². The van der Waals surface area contributed by atoms with Gasteiger partial charge in [0, 0.05) is 33.1 Å². The van der Waals surface area contributed by atoms with Gasteiger partial charge in [0.1, 0.15) is 0 Å². The van der Waals surface area contributed by atoms with Crippen LogP contribution in [0.1, 0.15) is 55.4 Å². The Hall–Kier alpha value is 0.117. The van der Waals surface area contributed by atoms with Gasteiger partial charge in [0.2, 0.25) is 0 Å². The molecule has 4 nitrogen and oxygen atoms in total. The molecule has 0 aliphatic heterocycles. The minimum absolute atomic E-state index is 0. The summed E-state index contributed by atoms with van der Waals surface area (Å²) in [5, 5.41) is 0. The van der Waals surface area contributed by atoms with Crippen LogP contribution in [0.25, 0.3) is 0 Å². The molecular weight excluding hydrogens is 371 g/mol. The summed E-state index contributed by atoms with van der Waals surface area (Å²) in [6, 6.07) is 0.417. The number of aliphatic imine (C=N–C) groups is 2. The van der Waals surface area contributed by atoms with Crippen LogP contribution in [0.3, 0.4) is 0 Å². The zero-order valence-electron chi connectivity index (χ0n) is 19.0. The molecule has 0 aliphatic carbocycles.